The molecular formula is C12H14N6O2S. The van der Waals surface area contributed by atoms with Gasteiger partial charge in [-0.3, -0.25) is 19.3 Å². The SMILES string of the molecule is O=C(NCCCc1ncn[nH]1)c1cnc2n(c1=O)CCS2. The number of hydrogen-bond acceptors (Lipinski definition) is 6. The molecule has 0 aromatic carbocycles. The lowest BCUT2D eigenvalue weighted by Crippen LogP contribution is -2.34. The number of nitrogens with zero attached hydrogens (tertiary/aromatic N) is 4. The van der Waals surface area contributed by atoms with Crippen molar-refractivity contribution in [1.82, 2.24) is 30.0 Å². The zero-order chi connectivity index (χ0) is 14.7. The summed E-state index contributed by atoms with van der Waals surface area (Å²) >= 11 is 1.53. The number of H-pyrrole nitrogens is 1. The smallest absolute Gasteiger partial charge is 0.267 e. The van der Waals surface area contributed by atoms with Crippen molar-refractivity contribution < 1.29 is 4.79 Å². The maximum absolute atomic E-state index is 12.1. The fourth-order valence-corrected chi connectivity index (χ4v) is 2.99. The first-order chi connectivity index (χ1) is 10.3. The normalized spacial score (nSPS) is 13.1. The van der Waals surface area contributed by atoms with Crippen LogP contribution in [-0.2, 0) is 13.0 Å². The average molecular weight is 306 g/mol. The predicted molar refractivity (Wildman–Crippen MR) is 76.3 cm³/mol. The lowest BCUT2D eigenvalue weighted by molar-refractivity contribution is 0.0950. The van der Waals surface area contributed by atoms with Gasteiger partial charge >= 0.3 is 0 Å². The second-order valence-corrected chi connectivity index (χ2v) is 5.61. The van der Waals surface area contributed by atoms with E-state index >= 15 is 0 Å². The van der Waals surface area contributed by atoms with Crippen LogP contribution in [0.1, 0.15) is 22.6 Å². The highest BCUT2D eigenvalue weighted by Gasteiger charge is 2.19. The van der Waals surface area contributed by atoms with Crippen LogP contribution >= 0.6 is 11.8 Å². The molecule has 1 aliphatic heterocycles. The van der Waals surface area contributed by atoms with Gasteiger partial charge in [0.05, 0.1) is 0 Å². The molecule has 2 N–H and O–H groups in total. The minimum absolute atomic E-state index is 0.0981. The van der Waals surface area contributed by atoms with Gasteiger partial charge < -0.3 is 5.32 Å². The van der Waals surface area contributed by atoms with E-state index in [0.717, 1.165) is 18.0 Å². The largest absolute Gasteiger partial charge is 0.352 e. The van der Waals surface area contributed by atoms with E-state index in [1.807, 2.05) is 0 Å². The molecule has 110 valence electrons. The zero-order valence-corrected chi connectivity index (χ0v) is 12.0. The quantitative estimate of drug-likeness (QED) is 0.587. The van der Waals surface area contributed by atoms with Crippen LogP contribution in [0.5, 0.6) is 0 Å². The van der Waals surface area contributed by atoms with E-state index in [2.05, 4.69) is 25.5 Å². The highest BCUT2D eigenvalue weighted by atomic mass is 32.2. The Morgan fingerprint density at radius 2 is 2.38 bits per heavy atom. The summed E-state index contributed by atoms with van der Waals surface area (Å²) in [5.74, 6) is 1.22. The second kappa shape index (κ2) is 6.08. The maximum Gasteiger partial charge on any atom is 0.267 e. The number of aromatic amines is 1. The molecule has 1 aliphatic rings. The minimum Gasteiger partial charge on any atom is -0.352 e. The van der Waals surface area contributed by atoms with Crippen LogP contribution in [0, 0.1) is 0 Å². The lowest BCUT2D eigenvalue weighted by Gasteiger charge is -2.06. The molecule has 0 saturated heterocycles. The van der Waals surface area contributed by atoms with E-state index < -0.39 is 0 Å². The van der Waals surface area contributed by atoms with Crippen molar-refractivity contribution in [2.75, 3.05) is 12.3 Å². The molecule has 0 radical (unpaired) electrons. The average Bonchev–Trinajstić information content (AvgIpc) is 3.15. The summed E-state index contributed by atoms with van der Waals surface area (Å²) in [6, 6.07) is 0. The minimum atomic E-state index is -0.378. The maximum atomic E-state index is 12.1. The molecule has 21 heavy (non-hydrogen) atoms. The van der Waals surface area contributed by atoms with Crippen molar-refractivity contribution in [2.45, 2.75) is 24.5 Å². The van der Waals surface area contributed by atoms with E-state index in [9.17, 15) is 9.59 Å². The number of hydrogen-bond donors (Lipinski definition) is 2. The molecule has 0 spiro atoms. The Bertz CT molecular complexity index is 696. The Kier molecular flexibility index (Phi) is 4.00. The number of aromatic nitrogens is 5. The molecule has 0 unspecified atom stereocenters. The zero-order valence-electron chi connectivity index (χ0n) is 11.2. The molecule has 0 aliphatic carbocycles. The summed E-state index contributed by atoms with van der Waals surface area (Å²) in [5, 5.41) is 9.92. The van der Waals surface area contributed by atoms with Gasteiger partial charge in [-0.25, -0.2) is 9.97 Å². The summed E-state index contributed by atoms with van der Waals surface area (Å²) in [6.07, 6.45) is 4.22. The molecule has 1 amide bonds. The first-order valence-electron chi connectivity index (χ1n) is 6.61. The van der Waals surface area contributed by atoms with Crippen molar-refractivity contribution in [1.29, 1.82) is 0 Å². The number of carbonyl (C=O) groups excluding carboxylic acids is 1. The first kappa shape index (κ1) is 13.8. The number of carbonyl (C=O) groups is 1. The van der Waals surface area contributed by atoms with Crippen molar-refractivity contribution in [3.63, 3.8) is 0 Å². The molecule has 3 rings (SSSR count). The Morgan fingerprint density at radius 1 is 1.48 bits per heavy atom. The van der Waals surface area contributed by atoms with Gasteiger partial charge in [-0.05, 0) is 6.42 Å². The van der Waals surface area contributed by atoms with Crippen LogP contribution < -0.4 is 10.9 Å². The van der Waals surface area contributed by atoms with E-state index in [1.165, 1.54) is 24.3 Å². The fourth-order valence-electron chi connectivity index (χ4n) is 2.08. The van der Waals surface area contributed by atoms with Gasteiger partial charge in [0.2, 0.25) is 0 Å². The van der Waals surface area contributed by atoms with Crippen LogP contribution in [0.4, 0.5) is 0 Å². The third-order valence-corrected chi connectivity index (χ3v) is 4.11. The highest BCUT2D eigenvalue weighted by molar-refractivity contribution is 7.99. The molecule has 9 heteroatoms. The number of thioether (sulfide) groups is 1. The van der Waals surface area contributed by atoms with Crippen LogP contribution in [0.15, 0.2) is 22.5 Å². The van der Waals surface area contributed by atoms with Crippen molar-refractivity contribution >= 4 is 17.7 Å². The monoisotopic (exact) mass is 306 g/mol. The molecular weight excluding hydrogens is 292 g/mol. The lowest BCUT2D eigenvalue weighted by atomic mass is 10.2. The Balaban J connectivity index is 1.57. The molecule has 0 fully saturated rings. The molecule has 2 aromatic rings. The van der Waals surface area contributed by atoms with Gasteiger partial charge in [-0.2, -0.15) is 5.10 Å². The third kappa shape index (κ3) is 2.97. The molecule has 0 atom stereocenters. The predicted octanol–water partition coefficient (Wildman–Crippen LogP) is -0.170. The molecule has 8 nitrogen and oxygen atoms in total. The number of amides is 1. The molecule has 0 saturated carbocycles. The van der Waals surface area contributed by atoms with E-state index in [-0.39, 0.29) is 17.0 Å². The number of nitrogens with one attached hydrogen (secondary N) is 2. The number of aryl methyl sites for hydroxylation is 1. The van der Waals surface area contributed by atoms with Crippen LogP contribution in [0.3, 0.4) is 0 Å². The van der Waals surface area contributed by atoms with Crippen LogP contribution in [0.2, 0.25) is 0 Å². The Morgan fingerprint density at radius 3 is 3.19 bits per heavy atom. The van der Waals surface area contributed by atoms with Gasteiger partial charge in [-0.1, -0.05) is 11.8 Å². The Labute approximate surface area is 124 Å². The first-order valence-corrected chi connectivity index (χ1v) is 7.59. The van der Waals surface area contributed by atoms with Gasteiger partial charge in [0.15, 0.2) is 5.16 Å². The summed E-state index contributed by atoms with van der Waals surface area (Å²) in [6.45, 7) is 1.08. The molecule has 2 aromatic heterocycles. The second-order valence-electron chi connectivity index (χ2n) is 4.55. The summed E-state index contributed by atoms with van der Waals surface area (Å²) in [4.78, 5) is 32.3. The fraction of sp³-hybridized carbons (Fsp3) is 0.417. The third-order valence-electron chi connectivity index (χ3n) is 3.14. The summed E-state index contributed by atoms with van der Waals surface area (Å²) in [7, 11) is 0. The van der Waals surface area contributed by atoms with Gasteiger partial charge in [-0.15, -0.1) is 0 Å². The van der Waals surface area contributed by atoms with E-state index in [1.54, 1.807) is 4.57 Å². The summed E-state index contributed by atoms with van der Waals surface area (Å²) in [5.41, 5.74) is -0.168. The Hall–Kier alpha value is -2.16. The molecule has 3 heterocycles. The topological polar surface area (TPSA) is 106 Å². The standard InChI is InChI=1S/C12H14N6O2S/c19-10(13-3-1-2-9-15-7-16-17-9)8-6-14-12-18(11(8)20)4-5-21-12/h6-7H,1-5H2,(H,13,19)(H,15,16,17). The van der Waals surface area contributed by atoms with Gasteiger partial charge in [0.25, 0.3) is 11.5 Å². The highest BCUT2D eigenvalue weighted by Crippen LogP contribution is 2.20. The van der Waals surface area contributed by atoms with Crippen LogP contribution in [-0.4, -0.2) is 42.9 Å². The van der Waals surface area contributed by atoms with Crippen LogP contribution in [0.25, 0.3) is 0 Å². The van der Waals surface area contributed by atoms with E-state index in [4.69, 9.17) is 0 Å². The van der Waals surface area contributed by atoms with Crippen molar-refractivity contribution in [3.05, 3.63) is 34.3 Å². The number of rotatable bonds is 5. The van der Waals surface area contributed by atoms with Crippen molar-refractivity contribution in [3.8, 4) is 0 Å². The summed E-state index contributed by atoms with van der Waals surface area (Å²) < 4.78 is 1.55. The van der Waals surface area contributed by atoms with Gasteiger partial charge in [0, 0.05) is 31.5 Å². The number of fused-ring (bicyclic) bond motifs is 1. The van der Waals surface area contributed by atoms with E-state index in [0.29, 0.717) is 24.7 Å². The molecule has 0 bridgehead atoms. The van der Waals surface area contributed by atoms with Crippen molar-refractivity contribution in [2.24, 2.45) is 0 Å². The van der Waals surface area contributed by atoms with Gasteiger partial charge in [0.1, 0.15) is 17.7 Å².